The van der Waals surface area contributed by atoms with Gasteiger partial charge in [-0.1, -0.05) is 12.1 Å². The predicted molar refractivity (Wildman–Crippen MR) is 79.0 cm³/mol. The molecule has 1 unspecified atom stereocenters. The molecule has 0 amide bonds. The SMILES string of the molecule is COCCn1cc(NC(C)c2ccc(C)cc2O)cn1. The molecule has 0 aliphatic rings. The first kappa shape index (κ1) is 14.4. The molecule has 1 aromatic heterocycles. The van der Waals surface area contributed by atoms with Crippen molar-refractivity contribution in [1.29, 1.82) is 0 Å². The van der Waals surface area contributed by atoms with Gasteiger partial charge in [0.05, 0.1) is 31.1 Å². The minimum atomic E-state index is 0.00988. The molecule has 5 nitrogen and oxygen atoms in total. The maximum atomic E-state index is 9.98. The minimum Gasteiger partial charge on any atom is -0.508 e. The third-order valence-corrected chi connectivity index (χ3v) is 3.19. The Bertz CT molecular complexity index is 566. The molecular formula is C15H21N3O2. The Morgan fingerprint density at radius 2 is 2.25 bits per heavy atom. The van der Waals surface area contributed by atoms with Gasteiger partial charge in [-0.25, -0.2) is 0 Å². The quantitative estimate of drug-likeness (QED) is 0.851. The molecule has 0 bridgehead atoms. The summed E-state index contributed by atoms with van der Waals surface area (Å²) >= 11 is 0. The average Bonchev–Trinajstić information content (AvgIpc) is 2.83. The number of methoxy groups -OCH3 is 1. The van der Waals surface area contributed by atoms with Crippen molar-refractivity contribution in [2.45, 2.75) is 26.4 Å². The first-order valence-electron chi connectivity index (χ1n) is 6.67. The van der Waals surface area contributed by atoms with Crippen LogP contribution in [0.25, 0.3) is 0 Å². The first-order valence-corrected chi connectivity index (χ1v) is 6.67. The van der Waals surface area contributed by atoms with Crippen LogP contribution in [0.1, 0.15) is 24.1 Å². The summed E-state index contributed by atoms with van der Waals surface area (Å²) in [5, 5.41) is 17.6. The van der Waals surface area contributed by atoms with Crippen molar-refractivity contribution >= 4 is 5.69 Å². The summed E-state index contributed by atoms with van der Waals surface area (Å²) in [5.74, 6) is 0.316. The van der Waals surface area contributed by atoms with Gasteiger partial charge in [-0.3, -0.25) is 4.68 Å². The van der Waals surface area contributed by atoms with E-state index in [9.17, 15) is 5.11 Å². The second kappa shape index (κ2) is 6.43. The molecule has 1 aromatic carbocycles. The molecule has 2 N–H and O–H groups in total. The van der Waals surface area contributed by atoms with Gasteiger partial charge in [0.2, 0.25) is 0 Å². The highest BCUT2D eigenvalue weighted by Crippen LogP contribution is 2.27. The molecule has 0 saturated heterocycles. The van der Waals surface area contributed by atoms with Crippen LogP contribution >= 0.6 is 0 Å². The lowest BCUT2D eigenvalue weighted by Crippen LogP contribution is -2.07. The molecule has 1 atom stereocenters. The van der Waals surface area contributed by atoms with Gasteiger partial charge in [0.15, 0.2) is 0 Å². The fourth-order valence-electron chi connectivity index (χ4n) is 2.09. The molecule has 20 heavy (non-hydrogen) atoms. The fourth-order valence-corrected chi connectivity index (χ4v) is 2.09. The lowest BCUT2D eigenvalue weighted by Gasteiger charge is -2.15. The molecule has 0 aliphatic carbocycles. The lowest BCUT2D eigenvalue weighted by atomic mass is 10.1. The minimum absolute atomic E-state index is 0.00988. The Kier molecular flexibility index (Phi) is 4.63. The Morgan fingerprint density at radius 3 is 2.95 bits per heavy atom. The Hall–Kier alpha value is -2.01. The Morgan fingerprint density at radius 1 is 1.45 bits per heavy atom. The van der Waals surface area contributed by atoms with Crippen molar-refractivity contribution in [3.63, 3.8) is 0 Å². The number of benzene rings is 1. The molecule has 1 heterocycles. The van der Waals surface area contributed by atoms with Gasteiger partial charge >= 0.3 is 0 Å². The zero-order valence-electron chi connectivity index (χ0n) is 12.1. The van der Waals surface area contributed by atoms with E-state index in [4.69, 9.17) is 4.74 Å². The second-order valence-electron chi connectivity index (χ2n) is 4.91. The number of nitrogens with zero attached hydrogens (tertiary/aromatic N) is 2. The van der Waals surface area contributed by atoms with Gasteiger partial charge in [0.1, 0.15) is 5.75 Å². The summed E-state index contributed by atoms with van der Waals surface area (Å²) in [7, 11) is 1.67. The number of aryl methyl sites for hydroxylation is 1. The van der Waals surface area contributed by atoms with Gasteiger partial charge in [-0.05, 0) is 25.5 Å². The normalized spacial score (nSPS) is 12.3. The van der Waals surface area contributed by atoms with E-state index in [1.165, 1.54) is 0 Å². The molecule has 0 aliphatic heterocycles. The van der Waals surface area contributed by atoms with E-state index in [0.717, 1.165) is 23.4 Å². The summed E-state index contributed by atoms with van der Waals surface area (Å²) < 4.78 is 6.84. The van der Waals surface area contributed by atoms with Crippen LogP contribution in [0, 0.1) is 6.92 Å². The van der Waals surface area contributed by atoms with Crippen molar-refractivity contribution in [2.24, 2.45) is 0 Å². The zero-order valence-corrected chi connectivity index (χ0v) is 12.1. The number of aromatic nitrogens is 2. The van der Waals surface area contributed by atoms with E-state index in [1.54, 1.807) is 19.4 Å². The van der Waals surface area contributed by atoms with E-state index in [0.29, 0.717) is 12.4 Å². The number of phenolic OH excluding ortho intramolecular Hbond substituents is 1. The lowest BCUT2D eigenvalue weighted by molar-refractivity contribution is 0.183. The van der Waals surface area contributed by atoms with Gasteiger partial charge < -0.3 is 15.2 Å². The molecule has 2 rings (SSSR count). The third kappa shape index (κ3) is 3.51. The summed E-state index contributed by atoms with van der Waals surface area (Å²) in [5.41, 5.74) is 2.85. The first-order chi connectivity index (χ1) is 9.60. The van der Waals surface area contributed by atoms with E-state index in [-0.39, 0.29) is 6.04 Å². The fraction of sp³-hybridized carbons (Fsp3) is 0.400. The highest BCUT2D eigenvalue weighted by Gasteiger charge is 2.11. The highest BCUT2D eigenvalue weighted by atomic mass is 16.5. The van der Waals surface area contributed by atoms with Gasteiger partial charge in [-0.15, -0.1) is 0 Å². The van der Waals surface area contributed by atoms with Gasteiger partial charge in [0, 0.05) is 18.9 Å². The van der Waals surface area contributed by atoms with Crippen molar-refractivity contribution in [3.05, 3.63) is 41.7 Å². The van der Waals surface area contributed by atoms with Crippen molar-refractivity contribution in [2.75, 3.05) is 19.0 Å². The number of rotatable bonds is 6. The zero-order chi connectivity index (χ0) is 14.5. The summed E-state index contributed by atoms with van der Waals surface area (Å²) in [6.45, 7) is 5.33. The van der Waals surface area contributed by atoms with Crippen LogP contribution in [0.4, 0.5) is 5.69 Å². The number of anilines is 1. The third-order valence-electron chi connectivity index (χ3n) is 3.19. The molecule has 2 aromatic rings. The number of hydrogen-bond acceptors (Lipinski definition) is 4. The summed E-state index contributed by atoms with van der Waals surface area (Å²) in [6.07, 6.45) is 3.71. The molecule has 0 spiro atoms. The van der Waals surface area contributed by atoms with Crippen molar-refractivity contribution in [3.8, 4) is 5.75 Å². The van der Waals surface area contributed by atoms with Crippen LogP contribution in [0.3, 0.4) is 0 Å². The van der Waals surface area contributed by atoms with Crippen LogP contribution in [-0.4, -0.2) is 28.6 Å². The Balaban J connectivity index is 2.03. The number of nitrogens with one attached hydrogen (secondary N) is 1. The van der Waals surface area contributed by atoms with Crippen LogP contribution in [0.5, 0.6) is 5.75 Å². The maximum absolute atomic E-state index is 9.98. The summed E-state index contributed by atoms with van der Waals surface area (Å²) in [6, 6.07) is 5.72. The molecule has 108 valence electrons. The van der Waals surface area contributed by atoms with Crippen LogP contribution in [-0.2, 0) is 11.3 Å². The highest BCUT2D eigenvalue weighted by molar-refractivity contribution is 5.45. The van der Waals surface area contributed by atoms with Crippen LogP contribution in [0.2, 0.25) is 0 Å². The van der Waals surface area contributed by atoms with E-state index >= 15 is 0 Å². The smallest absolute Gasteiger partial charge is 0.121 e. The largest absolute Gasteiger partial charge is 0.508 e. The van der Waals surface area contributed by atoms with Crippen LogP contribution in [0.15, 0.2) is 30.6 Å². The molecule has 0 radical (unpaired) electrons. The molecular weight excluding hydrogens is 254 g/mol. The van der Waals surface area contributed by atoms with Crippen LogP contribution < -0.4 is 5.32 Å². The second-order valence-corrected chi connectivity index (χ2v) is 4.91. The Labute approximate surface area is 119 Å². The predicted octanol–water partition coefficient (Wildman–Crippen LogP) is 2.72. The summed E-state index contributed by atoms with van der Waals surface area (Å²) in [4.78, 5) is 0. The van der Waals surface area contributed by atoms with E-state index in [1.807, 2.05) is 36.9 Å². The van der Waals surface area contributed by atoms with Crippen molar-refractivity contribution in [1.82, 2.24) is 9.78 Å². The number of phenols is 1. The van der Waals surface area contributed by atoms with E-state index in [2.05, 4.69) is 10.4 Å². The molecule has 5 heteroatoms. The molecule has 0 saturated carbocycles. The monoisotopic (exact) mass is 275 g/mol. The topological polar surface area (TPSA) is 59.3 Å². The van der Waals surface area contributed by atoms with E-state index < -0.39 is 0 Å². The van der Waals surface area contributed by atoms with Gasteiger partial charge in [-0.2, -0.15) is 5.10 Å². The maximum Gasteiger partial charge on any atom is 0.121 e. The number of ether oxygens (including phenoxy) is 1. The average molecular weight is 275 g/mol. The van der Waals surface area contributed by atoms with Gasteiger partial charge in [0.25, 0.3) is 0 Å². The molecule has 0 fully saturated rings. The number of hydrogen-bond donors (Lipinski definition) is 2. The van der Waals surface area contributed by atoms with Crippen molar-refractivity contribution < 1.29 is 9.84 Å². The standard InChI is InChI=1S/C15H21N3O2/c1-11-4-5-14(15(19)8-11)12(2)17-13-9-16-18(10-13)6-7-20-3/h4-5,8-10,12,17,19H,6-7H2,1-3H3. The number of aromatic hydroxyl groups is 1.